The van der Waals surface area contributed by atoms with Gasteiger partial charge in [0.2, 0.25) is 11.9 Å². The predicted molar refractivity (Wildman–Crippen MR) is 69.2 cm³/mol. The van der Waals surface area contributed by atoms with Gasteiger partial charge in [0.15, 0.2) is 5.16 Å². The molecule has 0 saturated heterocycles. The summed E-state index contributed by atoms with van der Waals surface area (Å²) < 4.78 is 24.7. The third-order valence-corrected chi connectivity index (χ3v) is 2.22. The second-order valence-corrected chi connectivity index (χ2v) is 5.20. The van der Waals surface area contributed by atoms with Crippen molar-refractivity contribution in [1.29, 1.82) is 0 Å². The minimum atomic E-state index is -2.55. The summed E-state index contributed by atoms with van der Waals surface area (Å²) in [5.74, 6) is -1.95. The summed E-state index contributed by atoms with van der Waals surface area (Å²) >= 11 is 0.305. The highest BCUT2D eigenvalue weighted by atomic mass is 32.2. The molecule has 0 spiro atoms. The Labute approximate surface area is 109 Å². The molecule has 1 rings (SSSR count). The lowest BCUT2D eigenvalue weighted by atomic mass is 10.4. The van der Waals surface area contributed by atoms with Gasteiger partial charge in [-0.3, -0.25) is 0 Å². The number of nitrogens with zero attached hydrogens (tertiary/aromatic N) is 3. The molecule has 8 heteroatoms. The molecule has 1 aromatic rings. The van der Waals surface area contributed by atoms with Gasteiger partial charge in [0.05, 0.1) is 0 Å². The first kappa shape index (κ1) is 14.9. The van der Waals surface area contributed by atoms with Gasteiger partial charge >= 0.3 is 0 Å². The monoisotopic (exact) mass is 277 g/mol. The topological polar surface area (TPSA) is 62.7 Å². The van der Waals surface area contributed by atoms with Crippen LogP contribution in [-0.2, 0) is 0 Å². The molecule has 18 heavy (non-hydrogen) atoms. The van der Waals surface area contributed by atoms with Crippen molar-refractivity contribution >= 4 is 23.7 Å². The molecular weight excluding hydrogens is 260 g/mol. The van der Waals surface area contributed by atoms with Crippen molar-refractivity contribution in [2.75, 3.05) is 10.6 Å². The lowest BCUT2D eigenvalue weighted by Gasteiger charge is -2.13. The summed E-state index contributed by atoms with van der Waals surface area (Å²) in [6.07, 6.45) is 0. The van der Waals surface area contributed by atoms with Gasteiger partial charge < -0.3 is 10.6 Å². The van der Waals surface area contributed by atoms with E-state index in [-0.39, 0.29) is 17.2 Å². The largest absolute Gasteiger partial charge is 0.352 e. The van der Waals surface area contributed by atoms with Crippen molar-refractivity contribution in [3.63, 3.8) is 0 Å². The maximum absolute atomic E-state index is 12.3. The SMILES string of the molecule is CC(C)Nc1nc(NC(C)C)nc(SC(F)F)n1. The van der Waals surface area contributed by atoms with E-state index in [2.05, 4.69) is 25.6 Å². The van der Waals surface area contributed by atoms with Gasteiger partial charge in [0.1, 0.15) is 0 Å². The Balaban J connectivity index is 2.95. The molecule has 0 amide bonds. The van der Waals surface area contributed by atoms with Crippen LogP contribution in [0.3, 0.4) is 0 Å². The number of anilines is 2. The first-order chi connectivity index (χ1) is 8.36. The van der Waals surface area contributed by atoms with E-state index in [0.717, 1.165) is 0 Å². The minimum Gasteiger partial charge on any atom is -0.352 e. The summed E-state index contributed by atoms with van der Waals surface area (Å²) in [6.45, 7) is 7.66. The van der Waals surface area contributed by atoms with E-state index in [9.17, 15) is 8.78 Å². The minimum absolute atomic E-state index is 0.00583. The molecule has 0 atom stereocenters. The maximum atomic E-state index is 12.3. The van der Waals surface area contributed by atoms with Crippen molar-refractivity contribution in [3.8, 4) is 0 Å². The van der Waals surface area contributed by atoms with Gasteiger partial charge in [0.25, 0.3) is 5.76 Å². The molecule has 0 aliphatic heterocycles. The quantitative estimate of drug-likeness (QED) is 0.780. The molecule has 5 nitrogen and oxygen atoms in total. The molecule has 0 bridgehead atoms. The Morgan fingerprint density at radius 3 is 1.67 bits per heavy atom. The number of aromatic nitrogens is 3. The molecule has 1 aromatic heterocycles. The zero-order valence-electron chi connectivity index (χ0n) is 10.7. The second kappa shape index (κ2) is 6.67. The van der Waals surface area contributed by atoms with Gasteiger partial charge in [-0.25, -0.2) is 0 Å². The fourth-order valence-electron chi connectivity index (χ4n) is 1.13. The highest BCUT2D eigenvalue weighted by molar-refractivity contribution is 7.99. The van der Waals surface area contributed by atoms with Crippen LogP contribution in [0.5, 0.6) is 0 Å². The molecule has 102 valence electrons. The Morgan fingerprint density at radius 1 is 0.889 bits per heavy atom. The van der Waals surface area contributed by atoms with Crippen LogP contribution in [0.15, 0.2) is 5.16 Å². The Bertz CT molecular complexity index is 317. The molecular formula is C10H17F2N5S. The lowest BCUT2D eigenvalue weighted by molar-refractivity contribution is 0.251. The average Bonchev–Trinajstić information content (AvgIpc) is 2.12. The molecule has 1 heterocycles. The number of hydrogen-bond donors (Lipinski definition) is 2. The van der Waals surface area contributed by atoms with Crippen molar-refractivity contribution in [2.24, 2.45) is 0 Å². The highest BCUT2D eigenvalue weighted by Gasteiger charge is 2.13. The number of thioether (sulfide) groups is 1. The number of halogens is 2. The molecule has 0 aromatic carbocycles. The fourth-order valence-corrected chi connectivity index (χ4v) is 1.57. The second-order valence-electron chi connectivity index (χ2n) is 4.24. The van der Waals surface area contributed by atoms with Gasteiger partial charge in [0, 0.05) is 12.1 Å². The highest BCUT2D eigenvalue weighted by Crippen LogP contribution is 2.23. The smallest absolute Gasteiger partial charge is 0.291 e. The van der Waals surface area contributed by atoms with Gasteiger partial charge in [-0.15, -0.1) is 0 Å². The molecule has 0 aliphatic rings. The van der Waals surface area contributed by atoms with E-state index >= 15 is 0 Å². The molecule has 0 unspecified atom stereocenters. The van der Waals surface area contributed by atoms with Crippen molar-refractivity contribution < 1.29 is 8.78 Å². The zero-order valence-corrected chi connectivity index (χ0v) is 11.6. The fraction of sp³-hybridized carbons (Fsp3) is 0.700. The molecule has 0 aliphatic carbocycles. The number of rotatable bonds is 6. The molecule has 0 saturated carbocycles. The van der Waals surface area contributed by atoms with E-state index in [4.69, 9.17) is 0 Å². The van der Waals surface area contributed by atoms with Crippen LogP contribution in [0.4, 0.5) is 20.7 Å². The summed E-state index contributed by atoms with van der Waals surface area (Å²) in [5, 5.41) is 5.95. The van der Waals surface area contributed by atoms with Crippen LogP contribution in [0.2, 0.25) is 0 Å². The summed E-state index contributed by atoms with van der Waals surface area (Å²) in [6, 6.07) is 0.229. The molecule has 2 N–H and O–H groups in total. The average molecular weight is 277 g/mol. The van der Waals surface area contributed by atoms with E-state index in [1.165, 1.54) is 0 Å². The summed E-state index contributed by atoms with van der Waals surface area (Å²) in [7, 11) is 0. The number of nitrogens with one attached hydrogen (secondary N) is 2. The first-order valence-corrected chi connectivity index (χ1v) is 6.48. The van der Waals surface area contributed by atoms with Crippen LogP contribution in [0, 0.1) is 0 Å². The van der Waals surface area contributed by atoms with Gasteiger partial charge in [-0.1, -0.05) is 0 Å². The third-order valence-electron chi connectivity index (χ3n) is 1.64. The van der Waals surface area contributed by atoms with Crippen molar-refractivity contribution in [2.45, 2.75) is 50.7 Å². The first-order valence-electron chi connectivity index (χ1n) is 5.60. The van der Waals surface area contributed by atoms with E-state index in [1.54, 1.807) is 0 Å². The van der Waals surface area contributed by atoms with E-state index in [1.807, 2.05) is 27.7 Å². The van der Waals surface area contributed by atoms with Crippen LogP contribution >= 0.6 is 11.8 Å². The summed E-state index contributed by atoms with van der Waals surface area (Å²) in [5.41, 5.74) is 0. The third kappa shape index (κ3) is 5.44. The summed E-state index contributed by atoms with van der Waals surface area (Å²) in [4.78, 5) is 12.0. The number of alkyl halides is 2. The predicted octanol–water partition coefficient (Wildman–Crippen LogP) is 2.83. The van der Waals surface area contributed by atoms with Gasteiger partial charge in [-0.05, 0) is 39.5 Å². The number of hydrogen-bond acceptors (Lipinski definition) is 6. The Hall–Kier alpha value is -1.18. The van der Waals surface area contributed by atoms with Crippen LogP contribution in [0.25, 0.3) is 0 Å². The lowest BCUT2D eigenvalue weighted by Crippen LogP contribution is -2.17. The maximum Gasteiger partial charge on any atom is 0.291 e. The van der Waals surface area contributed by atoms with Gasteiger partial charge in [-0.2, -0.15) is 23.7 Å². The standard InChI is InChI=1S/C10H17F2N5S/c1-5(2)13-8-15-9(14-6(3)4)17-10(16-8)18-7(11)12/h5-7H,1-4H3,(H2,13,14,15,16,17). The zero-order chi connectivity index (χ0) is 13.7. The van der Waals surface area contributed by atoms with Crippen LogP contribution in [0.1, 0.15) is 27.7 Å². The van der Waals surface area contributed by atoms with Crippen molar-refractivity contribution in [1.82, 2.24) is 15.0 Å². The normalized spacial score (nSPS) is 11.4. The van der Waals surface area contributed by atoms with Crippen LogP contribution < -0.4 is 10.6 Å². The Kier molecular flexibility index (Phi) is 5.52. The molecule has 0 radical (unpaired) electrons. The molecule has 0 fully saturated rings. The van der Waals surface area contributed by atoms with E-state index in [0.29, 0.717) is 23.7 Å². The Morgan fingerprint density at radius 2 is 1.33 bits per heavy atom. The van der Waals surface area contributed by atoms with E-state index < -0.39 is 5.76 Å². The van der Waals surface area contributed by atoms with Crippen LogP contribution in [-0.4, -0.2) is 32.8 Å². The van der Waals surface area contributed by atoms with Crippen molar-refractivity contribution in [3.05, 3.63) is 0 Å².